The molecule has 11 heavy (non-hydrogen) atoms. The summed E-state index contributed by atoms with van der Waals surface area (Å²) in [6, 6.07) is 0. The molecule has 0 aromatic carbocycles. The summed E-state index contributed by atoms with van der Waals surface area (Å²) in [7, 11) is 0. The molecule has 0 rings (SSSR count). The zero-order chi connectivity index (χ0) is 9.02. The van der Waals surface area contributed by atoms with E-state index >= 15 is 0 Å². The molecule has 3 nitrogen and oxygen atoms in total. The van der Waals surface area contributed by atoms with Gasteiger partial charge in [-0.1, -0.05) is 13.8 Å². The van der Waals surface area contributed by atoms with E-state index in [1.807, 2.05) is 0 Å². The Labute approximate surface area is 67.0 Å². The van der Waals surface area contributed by atoms with Crippen molar-refractivity contribution in [3.05, 3.63) is 0 Å². The van der Waals surface area contributed by atoms with Crippen LogP contribution in [0.2, 0.25) is 0 Å². The minimum Gasteiger partial charge on any atom is -0.390 e. The molecule has 3 heteroatoms. The van der Waals surface area contributed by atoms with Crippen molar-refractivity contribution in [3.63, 3.8) is 0 Å². The van der Waals surface area contributed by atoms with E-state index in [-0.39, 0.29) is 18.1 Å². The topological polar surface area (TPSA) is 57.5 Å². The van der Waals surface area contributed by atoms with Gasteiger partial charge in [0.15, 0.2) is 0 Å². The van der Waals surface area contributed by atoms with Crippen molar-refractivity contribution in [2.24, 2.45) is 5.92 Å². The minimum absolute atomic E-state index is 0.00986. The van der Waals surface area contributed by atoms with Gasteiger partial charge in [-0.15, -0.1) is 0 Å². The molecular formula is C8H16O3. The van der Waals surface area contributed by atoms with Crippen molar-refractivity contribution in [3.8, 4) is 0 Å². The summed E-state index contributed by atoms with van der Waals surface area (Å²) in [5.74, 6) is -0.110. The highest BCUT2D eigenvalue weighted by Gasteiger charge is 2.20. The number of aliphatic hydroxyl groups is 2. The van der Waals surface area contributed by atoms with Crippen molar-refractivity contribution in [2.45, 2.75) is 39.4 Å². The first-order valence-corrected chi connectivity index (χ1v) is 3.80. The maximum atomic E-state index is 10.5. The summed E-state index contributed by atoms with van der Waals surface area (Å²) in [5.41, 5.74) is 0. The van der Waals surface area contributed by atoms with Crippen molar-refractivity contribution < 1.29 is 15.0 Å². The molecule has 0 aliphatic carbocycles. The minimum atomic E-state index is -0.910. The van der Waals surface area contributed by atoms with Crippen LogP contribution in [0.5, 0.6) is 0 Å². The van der Waals surface area contributed by atoms with Crippen molar-refractivity contribution in [1.29, 1.82) is 0 Å². The maximum absolute atomic E-state index is 10.5. The van der Waals surface area contributed by atoms with E-state index in [0.717, 1.165) is 0 Å². The number of rotatable bonds is 4. The zero-order valence-corrected chi connectivity index (χ0v) is 7.24. The number of hydrogen-bond donors (Lipinski definition) is 2. The number of Topliss-reactive ketones (excluding diaryl/α,β-unsaturated/α-hetero) is 1. The molecule has 2 atom stereocenters. The maximum Gasteiger partial charge on any atom is 0.132 e. The van der Waals surface area contributed by atoms with Crippen molar-refractivity contribution >= 4 is 5.78 Å². The summed E-state index contributed by atoms with van der Waals surface area (Å²) >= 11 is 0. The number of hydrogen-bond acceptors (Lipinski definition) is 3. The molecule has 0 aromatic heterocycles. The first-order chi connectivity index (χ1) is 4.95. The Bertz CT molecular complexity index is 131. The molecule has 0 bridgehead atoms. The van der Waals surface area contributed by atoms with E-state index in [4.69, 9.17) is 0 Å². The van der Waals surface area contributed by atoms with Crippen molar-refractivity contribution in [1.82, 2.24) is 0 Å². The molecule has 0 spiro atoms. The highest BCUT2D eigenvalue weighted by Crippen LogP contribution is 2.09. The summed E-state index contributed by atoms with van der Waals surface area (Å²) in [5, 5.41) is 18.4. The van der Waals surface area contributed by atoms with Crippen LogP contribution in [0.1, 0.15) is 27.2 Å². The second-order valence-electron chi connectivity index (χ2n) is 3.21. The smallest absolute Gasteiger partial charge is 0.132 e. The molecule has 0 radical (unpaired) electrons. The summed E-state index contributed by atoms with van der Waals surface area (Å²) in [4.78, 5) is 10.5. The van der Waals surface area contributed by atoms with Crippen LogP contribution in [0, 0.1) is 5.92 Å². The number of carbonyl (C=O) groups excluding carboxylic acids is 1. The molecule has 0 amide bonds. The van der Waals surface area contributed by atoms with E-state index in [0.29, 0.717) is 0 Å². The van der Waals surface area contributed by atoms with Crippen molar-refractivity contribution in [2.75, 3.05) is 0 Å². The Morgan fingerprint density at radius 2 is 1.82 bits per heavy atom. The molecule has 0 heterocycles. The SMILES string of the molecule is CC(=O)CC(O)C(O)C(C)C. The highest BCUT2D eigenvalue weighted by molar-refractivity contribution is 5.76. The van der Waals surface area contributed by atoms with Gasteiger partial charge in [-0.25, -0.2) is 0 Å². The fourth-order valence-electron chi connectivity index (χ4n) is 0.860. The van der Waals surface area contributed by atoms with Crippen LogP contribution in [0.3, 0.4) is 0 Å². The van der Waals surface area contributed by atoms with Crippen LogP contribution in [0.25, 0.3) is 0 Å². The lowest BCUT2D eigenvalue weighted by Gasteiger charge is -2.19. The largest absolute Gasteiger partial charge is 0.390 e. The molecule has 0 aliphatic heterocycles. The van der Waals surface area contributed by atoms with Gasteiger partial charge in [0.1, 0.15) is 5.78 Å². The summed E-state index contributed by atoms with van der Waals surface area (Å²) in [6.45, 7) is 5.00. The van der Waals surface area contributed by atoms with Crippen LogP contribution in [-0.4, -0.2) is 28.2 Å². The molecular weight excluding hydrogens is 144 g/mol. The predicted octanol–water partition coefficient (Wildman–Crippen LogP) is 0.343. The van der Waals surface area contributed by atoms with Crippen LogP contribution in [-0.2, 0) is 4.79 Å². The molecule has 0 aliphatic rings. The second-order valence-corrected chi connectivity index (χ2v) is 3.21. The molecule has 0 aromatic rings. The Balaban J connectivity index is 3.82. The Kier molecular flexibility index (Phi) is 4.30. The quantitative estimate of drug-likeness (QED) is 0.623. The van der Waals surface area contributed by atoms with E-state index in [9.17, 15) is 15.0 Å². The van der Waals surface area contributed by atoms with E-state index in [1.54, 1.807) is 13.8 Å². The molecule has 0 saturated carbocycles. The van der Waals surface area contributed by atoms with Crippen LogP contribution < -0.4 is 0 Å². The van der Waals surface area contributed by atoms with Gasteiger partial charge in [-0.2, -0.15) is 0 Å². The average molecular weight is 160 g/mol. The summed E-state index contributed by atoms with van der Waals surface area (Å²) in [6.07, 6.45) is -1.66. The van der Waals surface area contributed by atoms with Gasteiger partial charge in [0.2, 0.25) is 0 Å². The Hall–Kier alpha value is -0.410. The molecule has 2 N–H and O–H groups in total. The number of carbonyl (C=O) groups is 1. The first-order valence-electron chi connectivity index (χ1n) is 3.80. The van der Waals surface area contributed by atoms with Gasteiger partial charge in [0.25, 0.3) is 0 Å². The lowest BCUT2D eigenvalue weighted by molar-refractivity contribution is -0.121. The molecule has 66 valence electrons. The van der Waals surface area contributed by atoms with Crippen LogP contribution in [0.15, 0.2) is 0 Å². The van der Waals surface area contributed by atoms with E-state index in [2.05, 4.69) is 0 Å². The molecule has 2 unspecified atom stereocenters. The predicted molar refractivity (Wildman–Crippen MR) is 42.1 cm³/mol. The third-order valence-electron chi connectivity index (χ3n) is 1.57. The molecule has 0 fully saturated rings. The third-order valence-corrected chi connectivity index (χ3v) is 1.57. The first kappa shape index (κ1) is 10.6. The van der Waals surface area contributed by atoms with E-state index < -0.39 is 12.2 Å². The van der Waals surface area contributed by atoms with Crippen LogP contribution in [0.4, 0.5) is 0 Å². The van der Waals surface area contributed by atoms with Gasteiger partial charge in [-0.3, -0.25) is 4.79 Å². The monoisotopic (exact) mass is 160 g/mol. The zero-order valence-electron chi connectivity index (χ0n) is 7.24. The average Bonchev–Trinajstić information content (AvgIpc) is 1.84. The van der Waals surface area contributed by atoms with Gasteiger partial charge in [-0.05, 0) is 12.8 Å². The summed E-state index contributed by atoms with van der Waals surface area (Å²) < 4.78 is 0. The normalized spacial score (nSPS) is 16.5. The lowest BCUT2D eigenvalue weighted by Crippen LogP contribution is -2.32. The number of ketones is 1. The van der Waals surface area contributed by atoms with Crippen LogP contribution >= 0.6 is 0 Å². The highest BCUT2D eigenvalue weighted by atomic mass is 16.3. The van der Waals surface area contributed by atoms with Gasteiger partial charge < -0.3 is 10.2 Å². The van der Waals surface area contributed by atoms with Gasteiger partial charge in [0.05, 0.1) is 12.2 Å². The van der Waals surface area contributed by atoms with Gasteiger partial charge >= 0.3 is 0 Å². The number of aliphatic hydroxyl groups excluding tert-OH is 2. The fraction of sp³-hybridized carbons (Fsp3) is 0.875. The lowest BCUT2D eigenvalue weighted by atomic mass is 9.99. The molecule has 0 saturated heterocycles. The second kappa shape index (κ2) is 4.46. The third kappa shape index (κ3) is 4.11. The van der Waals surface area contributed by atoms with Gasteiger partial charge in [0, 0.05) is 6.42 Å². The Morgan fingerprint density at radius 3 is 2.09 bits per heavy atom. The van der Waals surface area contributed by atoms with E-state index in [1.165, 1.54) is 6.92 Å². The fourth-order valence-corrected chi connectivity index (χ4v) is 0.860. The standard InChI is InChI=1S/C8H16O3/c1-5(2)8(11)7(10)4-6(3)9/h5,7-8,10-11H,4H2,1-3H3. The Morgan fingerprint density at radius 1 is 1.36 bits per heavy atom.